The van der Waals surface area contributed by atoms with Gasteiger partial charge in [-0.15, -0.1) is 0 Å². The first-order valence-electron chi connectivity index (χ1n) is 9.51. The first-order valence-corrected chi connectivity index (χ1v) is 11.7. The maximum atomic E-state index is 12.1. The van der Waals surface area contributed by atoms with Gasteiger partial charge in [-0.05, 0) is 36.9 Å². The predicted octanol–water partition coefficient (Wildman–Crippen LogP) is 0.00320. The zero-order valence-electron chi connectivity index (χ0n) is 17.5. The fraction of sp³-hybridized carbons (Fsp3) is 0.500. The van der Waals surface area contributed by atoms with Gasteiger partial charge in [0.15, 0.2) is 12.2 Å². The van der Waals surface area contributed by atoms with E-state index >= 15 is 0 Å². The van der Waals surface area contributed by atoms with Crippen LogP contribution in [0.5, 0.6) is 0 Å². The number of aliphatic hydroxyl groups excluding tert-OH is 4. The Morgan fingerprint density at radius 2 is 1.25 bits per heavy atom. The van der Waals surface area contributed by atoms with E-state index in [0.29, 0.717) is 29.9 Å². The Bertz CT molecular complexity index is 783. The van der Waals surface area contributed by atoms with Crippen LogP contribution in [-0.2, 0) is 19.1 Å². The summed E-state index contributed by atoms with van der Waals surface area (Å²) in [4.78, 5) is 47.0. The molecule has 4 N–H and O–H groups in total. The molecular formula is C20H26O10S2. The van der Waals surface area contributed by atoms with Gasteiger partial charge < -0.3 is 29.9 Å². The number of rotatable bonds is 12. The average molecular weight is 491 g/mol. The van der Waals surface area contributed by atoms with Gasteiger partial charge in [0.25, 0.3) is 0 Å². The molecule has 178 valence electrons. The maximum absolute atomic E-state index is 12.1. The summed E-state index contributed by atoms with van der Waals surface area (Å²) < 4.78 is 9.88. The van der Waals surface area contributed by atoms with E-state index in [0.717, 1.165) is 0 Å². The lowest BCUT2D eigenvalue weighted by Crippen LogP contribution is -2.37. The molecule has 10 nitrogen and oxygen atoms in total. The summed E-state index contributed by atoms with van der Waals surface area (Å²) in [6, 6.07) is 5.37. The van der Waals surface area contributed by atoms with Crippen molar-refractivity contribution in [3.63, 3.8) is 0 Å². The molecule has 1 aromatic carbocycles. The van der Waals surface area contributed by atoms with Gasteiger partial charge in [0.1, 0.15) is 13.2 Å². The third kappa shape index (κ3) is 9.27. The maximum Gasteiger partial charge on any atom is 0.338 e. The van der Waals surface area contributed by atoms with E-state index in [2.05, 4.69) is 0 Å². The summed E-state index contributed by atoms with van der Waals surface area (Å²) in [5.74, 6) is -1.67. The molecule has 0 saturated carbocycles. The van der Waals surface area contributed by atoms with E-state index < -0.39 is 53.2 Å². The Kier molecular flexibility index (Phi) is 12.5. The quantitative estimate of drug-likeness (QED) is 0.290. The summed E-state index contributed by atoms with van der Waals surface area (Å²) in [7, 11) is 0. The molecule has 0 heterocycles. The number of carbonyl (C=O) groups is 4. The van der Waals surface area contributed by atoms with Crippen molar-refractivity contribution < 1.29 is 49.1 Å². The number of esters is 2. The van der Waals surface area contributed by atoms with Crippen LogP contribution < -0.4 is 0 Å². The Hall–Kier alpha value is -1.96. The van der Waals surface area contributed by atoms with Crippen LogP contribution in [0, 0.1) is 0 Å². The molecule has 0 saturated heterocycles. The predicted molar refractivity (Wildman–Crippen MR) is 117 cm³/mol. The van der Waals surface area contributed by atoms with Gasteiger partial charge in [0.2, 0.25) is 10.2 Å². The summed E-state index contributed by atoms with van der Waals surface area (Å²) in [5, 5.41) is 36.8. The van der Waals surface area contributed by atoms with Gasteiger partial charge in [0, 0.05) is 5.75 Å². The highest BCUT2D eigenvalue weighted by molar-refractivity contribution is 8.14. The lowest BCUT2D eigenvalue weighted by atomic mass is 10.1. The molecular weight excluding hydrogens is 464 g/mol. The SMILES string of the molecule is CCC(O)COC(=O)c1ccc(C(=O)OCC(O)CSC(=O)C(O)C(O)C(=O)SC)cc1. The number of hydrogen-bond donors (Lipinski definition) is 4. The highest BCUT2D eigenvalue weighted by atomic mass is 32.2. The molecule has 1 rings (SSSR count). The van der Waals surface area contributed by atoms with Crippen LogP contribution in [0.25, 0.3) is 0 Å². The average Bonchev–Trinajstić information content (AvgIpc) is 2.82. The lowest BCUT2D eigenvalue weighted by Gasteiger charge is -2.15. The molecule has 12 heteroatoms. The van der Waals surface area contributed by atoms with Crippen LogP contribution in [0.3, 0.4) is 0 Å². The summed E-state index contributed by atoms with van der Waals surface area (Å²) >= 11 is 1.15. The number of thioether (sulfide) groups is 2. The Morgan fingerprint density at radius 3 is 1.69 bits per heavy atom. The fourth-order valence-corrected chi connectivity index (χ4v) is 3.18. The van der Waals surface area contributed by atoms with Gasteiger partial charge in [-0.3, -0.25) is 9.59 Å². The molecule has 1 aromatic rings. The second-order valence-electron chi connectivity index (χ2n) is 6.53. The van der Waals surface area contributed by atoms with Crippen molar-refractivity contribution >= 4 is 45.7 Å². The van der Waals surface area contributed by atoms with E-state index in [4.69, 9.17) is 9.47 Å². The molecule has 32 heavy (non-hydrogen) atoms. The Morgan fingerprint density at radius 1 is 0.812 bits per heavy atom. The molecule has 0 aliphatic carbocycles. The second kappa shape index (κ2) is 14.2. The monoisotopic (exact) mass is 490 g/mol. The molecule has 0 spiro atoms. The number of ether oxygens (including phenoxy) is 2. The van der Waals surface area contributed by atoms with E-state index in [1.165, 1.54) is 30.5 Å². The highest BCUT2D eigenvalue weighted by Crippen LogP contribution is 2.14. The van der Waals surface area contributed by atoms with Crippen molar-refractivity contribution in [2.75, 3.05) is 25.2 Å². The molecule has 0 amide bonds. The number of carbonyl (C=O) groups excluding carboxylic acids is 4. The minimum atomic E-state index is -1.93. The zero-order valence-corrected chi connectivity index (χ0v) is 19.1. The Balaban J connectivity index is 2.45. The number of hydrogen-bond acceptors (Lipinski definition) is 12. The molecule has 0 bridgehead atoms. The summed E-state index contributed by atoms with van der Waals surface area (Å²) in [6.45, 7) is 1.16. The smallest absolute Gasteiger partial charge is 0.338 e. The van der Waals surface area contributed by atoms with E-state index in [-0.39, 0.29) is 23.5 Å². The van der Waals surface area contributed by atoms with Crippen molar-refractivity contribution in [1.29, 1.82) is 0 Å². The van der Waals surface area contributed by atoms with Gasteiger partial charge in [-0.25, -0.2) is 9.59 Å². The zero-order chi connectivity index (χ0) is 24.3. The van der Waals surface area contributed by atoms with Gasteiger partial charge in [-0.2, -0.15) is 0 Å². The van der Waals surface area contributed by atoms with Gasteiger partial charge in [-0.1, -0.05) is 30.4 Å². The van der Waals surface area contributed by atoms with Crippen molar-refractivity contribution in [3.8, 4) is 0 Å². The van der Waals surface area contributed by atoms with E-state index in [9.17, 15) is 39.6 Å². The lowest BCUT2D eigenvalue weighted by molar-refractivity contribution is -0.133. The molecule has 4 atom stereocenters. The fourth-order valence-electron chi connectivity index (χ4n) is 2.06. The summed E-state index contributed by atoms with van der Waals surface area (Å²) in [6.07, 6.45) is -3.95. The first kappa shape index (κ1) is 28.1. The number of benzene rings is 1. The van der Waals surface area contributed by atoms with E-state index in [1.54, 1.807) is 6.92 Å². The van der Waals surface area contributed by atoms with Gasteiger partial charge in [0.05, 0.1) is 23.3 Å². The van der Waals surface area contributed by atoms with Gasteiger partial charge >= 0.3 is 11.9 Å². The van der Waals surface area contributed by atoms with Crippen LogP contribution in [0.2, 0.25) is 0 Å². The highest BCUT2D eigenvalue weighted by Gasteiger charge is 2.30. The van der Waals surface area contributed by atoms with Crippen LogP contribution in [0.4, 0.5) is 0 Å². The van der Waals surface area contributed by atoms with Crippen molar-refractivity contribution in [2.24, 2.45) is 0 Å². The molecule has 0 aromatic heterocycles. The molecule has 0 fully saturated rings. The topological polar surface area (TPSA) is 168 Å². The van der Waals surface area contributed by atoms with E-state index in [1.807, 2.05) is 0 Å². The minimum absolute atomic E-state index is 0.111. The molecule has 0 aliphatic heterocycles. The number of aliphatic hydroxyl groups is 4. The first-order chi connectivity index (χ1) is 15.1. The molecule has 4 unspecified atom stereocenters. The Labute approximate surface area is 193 Å². The molecule has 0 aliphatic rings. The van der Waals surface area contributed by atoms with Crippen LogP contribution in [0.1, 0.15) is 34.1 Å². The van der Waals surface area contributed by atoms with Crippen molar-refractivity contribution in [2.45, 2.75) is 37.8 Å². The van der Waals surface area contributed by atoms with Crippen LogP contribution in [0.15, 0.2) is 24.3 Å². The second-order valence-corrected chi connectivity index (χ2v) is 8.37. The van der Waals surface area contributed by atoms with Crippen LogP contribution >= 0.6 is 23.5 Å². The normalized spacial score (nSPS) is 14.7. The molecule has 0 radical (unpaired) electrons. The van der Waals surface area contributed by atoms with Crippen molar-refractivity contribution in [3.05, 3.63) is 35.4 Å². The minimum Gasteiger partial charge on any atom is -0.459 e. The van der Waals surface area contributed by atoms with Crippen molar-refractivity contribution in [1.82, 2.24) is 0 Å². The summed E-state index contributed by atoms with van der Waals surface area (Å²) in [5.41, 5.74) is 0.292. The third-order valence-corrected chi connectivity index (χ3v) is 5.76. The largest absolute Gasteiger partial charge is 0.459 e. The third-order valence-electron chi connectivity index (χ3n) is 4.04. The standard InChI is InChI=1S/C20H26O10S2/c1-3-13(21)8-29-17(25)11-4-6-12(7-5-11)18(26)30-9-14(22)10-32-20(28)16(24)15(23)19(27)31-2/h4-7,13-16,21-24H,3,8-10H2,1-2H3. The van der Waals surface area contributed by atoms with Crippen LogP contribution in [-0.4, -0.2) is 92.2 Å².